The molecule has 1 saturated heterocycles. The van der Waals surface area contributed by atoms with Gasteiger partial charge in [0.05, 0.1) is 5.41 Å². The molecule has 0 aliphatic carbocycles. The Morgan fingerprint density at radius 2 is 1.89 bits per heavy atom. The molecule has 0 saturated carbocycles. The molecule has 0 N–H and O–H groups in total. The maximum absolute atomic E-state index is 12.4. The smallest absolute Gasteiger partial charge is 0.326 e. The Morgan fingerprint density at radius 3 is 2.47 bits per heavy atom. The second-order valence-electron chi connectivity index (χ2n) is 4.26. The minimum absolute atomic E-state index is 0.585. The molecule has 0 radical (unpaired) electrons. The van der Waals surface area contributed by atoms with Crippen molar-refractivity contribution >= 4 is 27.5 Å². The van der Waals surface area contributed by atoms with Crippen LogP contribution in [0.4, 0.5) is 9.57 Å². The summed E-state index contributed by atoms with van der Waals surface area (Å²) in [6, 6.07) is 7.57. The van der Waals surface area contributed by atoms with Crippen LogP contribution in [0.15, 0.2) is 35.9 Å². The Labute approximate surface area is 117 Å². The summed E-state index contributed by atoms with van der Waals surface area (Å²) in [5.41, 5.74) is 1.04. The molecule has 19 heavy (non-hydrogen) atoms. The number of halogens is 2. The van der Waals surface area contributed by atoms with Crippen molar-refractivity contribution in [3.05, 3.63) is 40.9 Å². The molecule has 0 aromatic heterocycles. The number of anilines is 1. The van der Waals surface area contributed by atoms with E-state index in [1.54, 1.807) is 4.90 Å². The summed E-state index contributed by atoms with van der Waals surface area (Å²) in [5, 5.41) is 1.27. The van der Waals surface area contributed by atoms with Crippen molar-refractivity contribution in [1.29, 1.82) is 0 Å². The van der Waals surface area contributed by atoms with Crippen LogP contribution in [0.25, 0.3) is 0 Å². The number of hydrogen-bond donors (Lipinski definition) is 0. The zero-order valence-electron chi connectivity index (χ0n) is 10.2. The van der Waals surface area contributed by atoms with Crippen LogP contribution in [0.3, 0.4) is 0 Å². The molecule has 0 amide bonds. The van der Waals surface area contributed by atoms with Crippen molar-refractivity contribution in [2.24, 2.45) is 0 Å². The molecule has 2 rings (SSSR count). The van der Waals surface area contributed by atoms with Crippen LogP contribution in [0.1, 0.15) is 0 Å². The molecule has 0 atom stereocenters. The fourth-order valence-corrected chi connectivity index (χ4v) is 2.46. The Hall–Kier alpha value is -1.27. The van der Waals surface area contributed by atoms with E-state index in [0.717, 1.165) is 18.8 Å². The minimum Gasteiger partial charge on any atom is -0.373 e. The third-order valence-corrected chi connectivity index (χ3v) is 3.60. The number of piperazine rings is 1. The Balaban J connectivity index is 1.94. The van der Waals surface area contributed by atoms with Gasteiger partial charge < -0.3 is 9.80 Å². The normalized spacial score (nSPS) is 17.2. The van der Waals surface area contributed by atoms with E-state index < -0.39 is 10.2 Å². The predicted octanol–water partition coefficient (Wildman–Crippen LogP) is 2.23. The summed E-state index contributed by atoms with van der Waals surface area (Å²) in [4.78, 5) is 3.93. The molecule has 0 bridgehead atoms. The summed E-state index contributed by atoms with van der Waals surface area (Å²) in [5.74, 6) is 0. The highest BCUT2D eigenvalue weighted by Crippen LogP contribution is 2.20. The highest BCUT2D eigenvalue weighted by molar-refractivity contribution is 7.89. The molecule has 0 unspecified atom stereocenters. The molecule has 104 valence electrons. The van der Waals surface area contributed by atoms with Gasteiger partial charge >= 0.3 is 10.2 Å². The summed E-state index contributed by atoms with van der Waals surface area (Å²) in [6.45, 7) is 2.74. The lowest BCUT2D eigenvalue weighted by Crippen LogP contribution is -2.44. The fraction of sp³-hybridized carbons (Fsp3) is 0.333. The number of benzene rings is 1. The lowest BCUT2D eigenvalue weighted by atomic mass is 10.2. The van der Waals surface area contributed by atoms with E-state index in [2.05, 4.69) is 4.90 Å². The van der Waals surface area contributed by atoms with E-state index in [0.29, 0.717) is 23.5 Å². The zero-order valence-corrected chi connectivity index (χ0v) is 11.7. The van der Waals surface area contributed by atoms with Gasteiger partial charge in [0.15, 0.2) is 0 Å². The Bertz CT molecular complexity index is 569. The van der Waals surface area contributed by atoms with Gasteiger partial charge in [-0.05, 0) is 18.2 Å². The van der Waals surface area contributed by atoms with Crippen LogP contribution in [-0.4, -0.2) is 39.5 Å². The first kappa shape index (κ1) is 14.1. The molecule has 1 aromatic rings. The van der Waals surface area contributed by atoms with Crippen molar-refractivity contribution in [3.63, 3.8) is 0 Å². The van der Waals surface area contributed by atoms with Gasteiger partial charge in [0, 0.05) is 43.1 Å². The summed E-state index contributed by atoms with van der Waals surface area (Å²) >= 11 is 5.94. The van der Waals surface area contributed by atoms with Crippen molar-refractivity contribution in [1.82, 2.24) is 4.90 Å². The first-order valence-corrected chi connectivity index (χ1v) is 7.64. The molecule has 1 aliphatic rings. The van der Waals surface area contributed by atoms with Crippen LogP contribution in [-0.2, 0) is 10.2 Å². The Kier molecular flexibility index (Phi) is 4.31. The fourth-order valence-electron chi connectivity index (χ4n) is 1.96. The summed E-state index contributed by atoms with van der Waals surface area (Å²) < 4.78 is 33.1. The molecule has 1 heterocycles. The third kappa shape index (κ3) is 4.40. The van der Waals surface area contributed by atoms with Gasteiger partial charge in [0.1, 0.15) is 0 Å². The molecule has 0 spiro atoms. The topological polar surface area (TPSA) is 40.6 Å². The van der Waals surface area contributed by atoms with E-state index in [9.17, 15) is 12.3 Å². The predicted molar refractivity (Wildman–Crippen MR) is 74.4 cm³/mol. The van der Waals surface area contributed by atoms with Crippen LogP contribution in [0, 0.1) is 0 Å². The standard InChI is InChI=1S/C12H14ClFN2O2S/c13-11-2-1-3-12(10-11)16-6-4-15(5-7-16)8-9-19(14,17)18/h1-3,8-10H,4-7H2/b9-8+. The van der Waals surface area contributed by atoms with Gasteiger partial charge in [-0.15, -0.1) is 3.89 Å². The van der Waals surface area contributed by atoms with E-state index in [4.69, 9.17) is 11.6 Å². The van der Waals surface area contributed by atoms with Gasteiger partial charge in [-0.2, -0.15) is 8.42 Å². The number of nitrogens with zero attached hydrogens (tertiary/aromatic N) is 2. The molecular weight excluding hydrogens is 291 g/mol. The van der Waals surface area contributed by atoms with Crippen LogP contribution in [0.2, 0.25) is 5.02 Å². The quantitative estimate of drug-likeness (QED) is 0.803. The van der Waals surface area contributed by atoms with Crippen LogP contribution in [0.5, 0.6) is 0 Å². The molecule has 1 aromatic carbocycles. The van der Waals surface area contributed by atoms with Crippen molar-refractivity contribution in [3.8, 4) is 0 Å². The summed E-state index contributed by atoms with van der Waals surface area (Å²) in [6.07, 6.45) is 1.28. The SMILES string of the molecule is O=S(=O)(F)/C=C/N1CCN(c2cccc(Cl)c2)CC1. The lowest BCUT2D eigenvalue weighted by molar-refractivity contribution is 0.349. The second-order valence-corrected chi connectivity index (χ2v) is 5.92. The number of rotatable bonds is 3. The average Bonchev–Trinajstić information content (AvgIpc) is 2.36. The Morgan fingerprint density at radius 1 is 1.21 bits per heavy atom. The number of hydrogen-bond acceptors (Lipinski definition) is 4. The zero-order chi connectivity index (χ0) is 13.9. The maximum atomic E-state index is 12.4. The third-order valence-electron chi connectivity index (χ3n) is 2.92. The van der Waals surface area contributed by atoms with Crippen molar-refractivity contribution < 1.29 is 12.3 Å². The van der Waals surface area contributed by atoms with Gasteiger partial charge in [-0.3, -0.25) is 0 Å². The average molecular weight is 305 g/mol. The van der Waals surface area contributed by atoms with Gasteiger partial charge in [-0.1, -0.05) is 17.7 Å². The first-order valence-electron chi connectivity index (χ1n) is 5.81. The first-order chi connectivity index (χ1) is 8.94. The molecule has 1 fully saturated rings. The lowest BCUT2D eigenvalue weighted by Gasteiger charge is -2.35. The largest absolute Gasteiger partial charge is 0.373 e. The minimum atomic E-state index is -4.55. The van der Waals surface area contributed by atoms with Crippen molar-refractivity contribution in [2.45, 2.75) is 0 Å². The van der Waals surface area contributed by atoms with Crippen LogP contribution < -0.4 is 4.90 Å². The maximum Gasteiger partial charge on any atom is 0.326 e. The van der Waals surface area contributed by atoms with E-state index >= 15 is 0 Å². The van der Waals surface area contributed by atoms with E-state index in [-0.39, 0.29) is 0 Å². The molecule has 4 nitrogen and oxygen atoms in total. The monoisotopic (exact) mass is 304 g/mol. The van der Waals surface area contributed by atoms with E-state index in [1.807, 2.05) is 24.3 Å². The molecule has 7 heteroatoms. The van der Waals surface area contributed by atoms with E-state index in [1.165, 1.54) is 6.20 Å². The highest BCUT2D eigenvalue weighted by atomic mass is 35.5. The van der Waals surface area contributed by atoms with Crippen molar-refractivity contribution in [2.75, 3.05) is 31.1 Å². The van der Waals surface area contributed by atoms with Gasteiger partial charge in [-0.25, -0.2) is 0 Å². The highest BCUT2D eigenvalue weighted by Gasteiger charge is 2.15. The van der Waals surface area contributed by atoms with Gasteiger partial charge in [0.2, 0.25) is 0 Å². The molecular formula is C12H14ClFN2O2S. The summed E-state index contributed by atoms with van der Waals surface area (Å²) in [7, 11) is -4.55. The van der Waals surface area contributed by atoms with Crippen LogP contribution >= 0.6 is 11.6 Å². The second kappa shape index (κ2) is 5.79. The molecule has 1 aliphatic heterocycles. The van der Waals surface area contributed by atoms with Gasteiger partial charge in [0.25, 0.3) is 0 Å².